The van der Waals surface area contributed by atoms with Crippen molar-refractivity contribution in [2.24, 2.45) is 0 Å². The molecule has 1 atom stereocenters. The summed E-state index contributed by atoms with van der Waals surface area (Å²) in [6, 6.07) is 7.46. The number of rotatable bonds is 4. The number of hydrogen-bond acceptors (Lipinski definition) is 5. The van der Waals surface area contributed by atoms with Crippen molar-refractivity contribution in [3.63, 3.8) is 0 Å². The molecule has 3 rings (SSSR count). The molecular weight excluding hydrogens is 302 g/mol. The quantitative estimate of drug-likeness (QED) is 0.794. The van der Waals surface area contributed by atoms with Crippen molar-refractivity contribution in [2.45, 2.75) is 26.8 Å². The van der Waals surface area contributed by atoms with Gasteiger partial charge >= 0.3 is 0 Å². The minimum atomic E-state index is -0.100. The van der Waals surface area contributed by atoms with Crippen LogP contribution in [0.5, 0.6) is 0 Å². The molecule has 7 heteroatoms. The van der Waals surface area contributed by atoms with Gasteiger partial charge in [0, 0.05) is 11.9 Å². The van der Waals surface area contributed by atoms with E-state index in [4.69, 9.17) is 16.0 Å². The van der Waals surface area contributed by atoms with Gasteiger partial charge < -0.3 is 9.73 Å². The summed E-state index contributed by atoms with van der Waals surface area (Å²) in [4.78, 5) is 0. The van der Waals surface area contributed by atoms with Gasteiger partial charge in [-0.2, -0.15) is 5.10 Å². The van der Waals surface area contributed by atoms with E-state index in [0.717, 1.165) is 17.1 Å². The Morgan fingerprint density at radius 2 is 2.09 bits per heavy atom. The Morgan fingerprint density at radius 3 is 2.77 bits per heavy atom. The monoisotopic (exact) mass is 317 g/mol. The molecule has 114 valence electrons. The second-order valence-electron chi connectivity index (χ2n) is 5.06. The van der Waals surface area contributed by atoms with Gasteiger partial charge in [0.15, 0.2) is 0 Å². The fourth-order valence-corrected chi connectivity index (χ4v) is 2.39. The first-order chi connectivity index (χ1) is 10.5. The standard InChI is InChI=1S/C15H16ClN5O/c1-9(15-20-19-11(3)22-15)18-14-8-17-21(10(14)2)13-6-4-5-12(16)7-13/h4-9,18H,1-3H3/t9-/m0/s1. The highest BCUT2D eigenvalue weighted by Crippen LogP contribution is 2.24. The average molecular weight is 318 g/mol. The highest BCUT2D eigenvalue weighted by molar-refractivity contribution is 6.30. The average Bonchev–Trinajstić information content (AvgIpc) is 3.06. The van der Waals surface area contributed by atoms with Gasteiger partial charge in [0.1, 0.15) is 6.04 Å². The molecule has 0 bridgehead atoms. The topological polar surface area (TPSA) is 68.8 Å². The van der Waals surface area contributed by atoms with E-state index in [-0.39, 0.29) is 6.04 Å². The van der Waals surface area contributed by atoms with E-state index in [9.17, 15) is 0 Å². The summed E-state index contributed by atoms with van der Waals surface area (Å²) in [5.41, 5.74) is 2.80. The van der Waals surface area contributed by atoms with Gasteiger partial charge in [-0.1, -0.05) is 17.7 Å². The van der Waals surface area contributed by atoms with E-state index in [2.05, 4.69) is 20.6 Å². The number of nitrogens with one attached hydrogen (secondary N) is 1. The van der Waals surface area contributed by atoms with Crippen molar-refractivity contribution >= 4 is 17.3 Å². The van der Waals surface area contributed by atoms with Crippen LogP contribution in [0.15, 0.2) is 34.9 Å². The molecule has 0 aliphatic rings. The molecule has 0 aliphatic heterocycles. The Labute approximate surface area is 133 Å². The smallest absolute Gasteiger partial charge is 0.238 e. The maximum atomic E-state index is 6.04. The summed E-state index contributed by atoms with van der Waals surface area (Å²) >= 11 is 6.04. The van der Waals surface area contributed by atoms with Crippen molar-refractivity contribution in [1.82, 2.24) is 20.0 Å². The van der Waals surface area contributed by atoms with Crippen LogP contribution >= 0.6 is 11.6 Å². The van der Waals surface area contributed by atoms with Crippen LogP contribution in [-0.2, 0) is 0 Å². The van der Waals surface area contributed by atoms with Crippen LogP contribution in [0, 0.1) is 13.8 Å². The number of anilines is 1. The summed E-state index contributed by atoms with van der Waals surface area (Å²) < 4.78 is 7.27. The number of nitrogens with zero attached hydrogens (tertiary/aromatic N) is 4. The molecule has 1 N–H and O–H groups in total. The molecule has 0 unspecified atom stereocenters. The Kier molecular flexibility index (Phi) is 3.85. The van der Waals surface area contributed by atoms with Crippen molar-refractivity contribution < 1.29 is 4.42 Å². The molecule has 22 heavy (non-hydrogen) atoms. The zero-order valence-corrected chi connectivity index (χ0v) is 13.3. The minimum absolute atomic E-state index is 0.100. The predicted octanol–water partition coefficient (Wildman–Crippen LogP) is 3.70. The largest absolute Gasteiger partial charge is 0.423 e. The van der Waals surface area contributed by atoms with Crippen LogP contribution in [-0.4, -0.2) is 20.0 Å². The lowest BCUT2D eigenvalue weighted by atomic mass is 10.3. The highest BCUT2D eigenvalue weighted by Gasteiger charge is 2.15. The second-order valence-corrected chi connectivity index (χ2v) is 5.50. The molecule has 0 fully saturated rings. The second kappa shape index (κ2) is 5.81. The Morgan fingerprint density at radius 1 is 1.27 bits per heavy atom. The maximum absolute atomic E-state index is 6.04. The Hall–Kier alpha value is -2.34. The molecule has 2 aromatic heterocycles. The lowest BCUT2D eigenvalue weighted by Crippen LogP contribution is -2.08. The normalized spacial score (nSPS) is 12.4. The van der Waals surface area contributed by atoms with Gasteiger partial charge in [0.2, 0.25) is 11.8 Å². The van der Waals surface area contributed by atoms with Crippen LogP contribution in [0.1, 0.15) is 30.4 Å². The summed E-state index contributed by atoms with van der Waals surface area (Å²) in [5.74, 6) is 1.10. The molecular formula is C15H16ClN5O. The Bertz CT molecular complexity index is 795. The lowest BCUT2D eigenvalue weighted by molar-refractivity contribution is 0.451. The molecule has 6 nitrogen and oxygen atoms in total. The van der Waals surface area contributed by atoms with Crippen molar-refractivity contribution in [1.29, 1.82) is 0 Å². The van der Waals surface area contributed by atoms with E-state index in [0.29, 0.717) is 16.8 Å². The summed E-state index contributed by atoms with van der Waals surface area (Å²) in [6.45, 7) is 5.72. The van der Waals surface area contributed by atoms with Crippen LogP contribution in [0.3, 0.4) is 0 Å². The van der Waals surface area contributed by atoms with Crippen molar-refractivity contribution in [3.05, 3.63) is 53.0 Å². The first-order valence-corrected chi connectivity index (χ1v) is 7.29. The molecule has 0 radical (unpaired) electrons. The van der Waals surface area contributed by atoms with E-state index >= 15 is 0 Å². The highest BCUT2D eigenvalue weighted by atomic mass is 35.5. The molecule has 0 saturated carbocycles. The van der Waals surface area contributed by atoms with E-state index < -0.39 is 0 Å². The predicted molar refractivity (Wildman–Crippen MR) is 84.4 cm³/mol. The minimum Gasteiger partial charge on any atom is -0.423 e. The van der Waals surface area contributed by atoms with E-state index in [1.807, 2.05) is 42.8 Å². The van der Waals surface area contributed by atoms with Gasteiger partial charge in [0.05, 0.1) is 23.3 Å². The van der Waals surface area contributed by atoms with E-state index in [1.54, 1.807) is 13.1 Å². The summed E-state index contributed by atoms with van der Waals surface area (Å²) in [6.07, 6.45) is 1.77. The SMILES string of the molecule is Cc1nnc([C@H](C)Nc2cnn(-c3cccc(Cl)c3)c2C)o1. The third-order valence-corrected chi connectivity index (χ3v) is 3.58. The fraction of sp³-hybridized carbons (Fsp3) is 0.267. The van der Waals surface area contributed by atoms with Crippen molar-refractivity contribution in [3.8, 4) is 5.69 Å². The van der Waals surface area contributed by atoms with E-state index in [1.165, 1.54) is 0 Å². The number of benzene rings is 1. The van der Waals surface area contributed by atoms with Crippen LogP contribution in [0.4, 0.5) is 5.69 Å². The molecule has 2 heterocycles. The first kappa shape index (κ1) is 14.6. The fourth-order valence-electron chi connectivity index (χ4n) is 2.20. The Balaban J connectivity index is 1.84. The van der Waals surface area contributed by atoms with Crippen LogP contribution in [0.25, 0.3) is 5.69 Å². The van der Waals surface area contributed by atoms with Crippen LogP contribution < -0.4 is 5.32 Å². The number of halogens is 1. The van der Waals surface area contributed by atoms with Gasteiger partial charge in [-0.05, 0) is 32.0 Å². The van der Waals surface area contributed by atoms with Gasteiger partial charge in [-0.3, -0.25) is 0 Å². The number of aryl methyl sites for hydroxylation is 1. The summed E-state index contributed by atoms with van der Waals surface area (Å²) in [7, 11) is 0. The first-order valence-electron chi connectivity index (χ1n) is 6.91. The third-order valence-electron chi connectivity index (χ3n) is 3.35. The zero-order chi connectivity index (χ0) is 15.7. The molecule has 1 aromatic carbocycles. The van der Waals surface area contributed by atoms with Crippen molar-refractivity contribution in [2.75, 3.05) is 5.32 Å². The van der Waals surface area contributed by atoms with Gasteiger partial charge in [-0.25, -0.2) is 4.68 Å². The number of aromatic nitrogens is 4. The molecule has 0 aliphatic carbocycles. The third kappa shape index (κ3) is 2.82. The lowest BCUT2D eigenvalue weighted by Gasteiger charge is -2.11. The number of hydrogen-bond donors (Lipinski definition) is 1. The maximum Gasteiger partial charge on any atom is 0.238 e. The molecule has 0 saturated heterocycles. The molecule has 0 spiro atoms. The zero-order valence-electron chi connectivity index (χ0n) is 12.5. The summed E-state index contributed by atoms with van der Waals surface area (Å²) in [5, 5.41) is 16.3. The molecule has 3 aromatic rings. The van der Waals surface area contributed by atoms with Gasteiger partial charge in [-0.15, -0.1) is 10.2 Å². The molecule has 0 amide bonds. The van der Waals surface area contributed by atoms with Gasteiger partial charge in [0.25, 0.3) is 0 Å². The van der Waals surface area contributed by atoms with Crippen LogP contribution in [0.2, 0.25) is 5.02 Å².